The maximum atomic E-state index is 11.5. The van der Waals surface area contributed by atoms with E-state index >= 15 is 0 Å². The molecule has 0 saturated heterocycles. The summed E-state index contributed by atoms with van der Waals surface area (Å²) >= 11 is 0. The maximum Gasteiger partial charge on any atom is 0.264 e. The fourth-order valence-corrected chi connectivity index (χ4v) is 1.94. The van der Waals surface area contributed by atoms with E-state index in [-0.39, 0.29) is 12.5 Å². The molecule has 1 heterocycles. The van der Waals surface area contributed by atoms with Crippen molar-refractivity contribution in [2.24, 2.45) is 0 Å². The fourth-order valence-electron chi connectivity index (χ4n) is 1.94. The average molecular weight is 250 g/mol. The molecule has 1 amide bonds. The van der Waals surface area contributed by atoms with E-state index < -0.39 is 6.10 Å². The van der Waals surface area contributed by atoms with Crippen LogP contribution < -0.4 is 15.0 Å². The number of aliphatic hydroxyl groups excluding tert-OH is 1. The first kappa shape index (κ1) is 12.9. The van der Waals surface area contributed by atoms with Crippen molar-refractivity contribution >= 4 is 11.6 Å². The van der Waals surface area contributed by atoms with Crippen molar-refractivity contribution in [1.29, 1.82) is 0 Å². The van der Waals surface area contributed by atoms with Crippen LogP contribution in [0.3, 0.4) is 0 Å². The van der Waals surface area contributed by atoms with Gasteiger partial charge in [-0.25, -0.2) is 0 Å². The third kappa shape index (κ3) is 2.47. The van der Waals surface area contributed by atoms with E-state index in [1.165, 1.54) is 0 Å². The van der Waals surface area contributed by atoms with Gasteiger partial charge in [0.1, 0.15) is 5.75 Å². The number of anilines is 1. The van der Waals surface area contributed by atoms with Crippen LogP contribution in [-0.2, 0) is 4.79 Å². The lowest BCUT2D eigenvalue weighted by molar-refractivity contribution is -0.120. The summed E-state index contributed by atoms with van der Waals surface area (Å²) in [6.45, 7) is 0.814. The van der Waals surface area contributed by atoms with Gasteiger partial charge in [0.2, 0.25) is 0 Å². The number of carbonyl (C=O) groups is 1. The Labute approximate surface area is 106 Å². The summed E-state index contributed by atoms with van der Waals surface area (Å²) < 4.78 is 5.34. The van der Waals surface area contributed by atoms with E-state index in [1.54, 1.807) is 18.0 Å². The second-order valence-electron chi connectivity index (χ2n) is 4.38. The van der Waals surface area contributed by atoms with Crippen LogP contribution in [0.15, 0.2) is 18.2 Å². The van der Waals surface area contributed by atoms with Crippen molar-refractivity contribution in [2.75, 3.05) is 32.1 Å². The van der Waals surface area contributed by atoms with Gasteiger partial charge in [0.15, 0.2) is 6.61 Å². The van der Waals surface area contributed by atoms with Crippen molar-refractivity contribution in [3.8, 4) is 5.75 Å². The predicted octanol–water partition coefficient (Wildman–Crippen LogP) is 0.685. The molecule has 0 fully saturated rings. The molecule has 0 spiro atoms. The van der Waals surface area contributed by atoms with Gasteiger partial charge in [-0.3, -0.25) is 4.79 Å². The molecule has 1 unspecified atom stereocenters. The summed E-state index contributed by atoms with van der Waals surface area (Å²) in [5.41, 5.74) is 1.52. The third-order valence-corrected chi connectivity index (χ3v) is 3.12. The van der Waals surface area contributed by atoms with Crippen LogP contribution in [-0.4, -0.2) is 38.3 Å². The van der Waals surface area contributed by atoms with E-state index in [1.807, 2.05) is 19.2 Å². The van der Waals surface area contributed by atoms with Gasteiger partial charge < -0.3 is 20.1 Å². The minimum Gasteiger partial charge on any atom is -0.482 e. The van der Waals surface area contributed by atoms with Crippen LogP contribution in [0.4, 0.5) is 5.69 Å². The molecule has 0 radical (unpaired) electrons. The molecule has 0 saturated carbocycles. The molecular weight excluding hydrogens is 232 g/mol. The number of nitrogens with one attached hydrogen (secondary N) is 1. The minimum absolute atomic E-state index is 0.0746. The predicted molar refractivity (Wildman–Crippen MR) is 68.9 cm³/mol. The Morgan fingerprint density at radius 1 is 1.56 bits per heavy atom. The molecule has 1 aromatic rings. The summed E-state index contributed by atoms with van der Waals surface area (Å²) in [7, 11) is 3.56. The van der Waals surface area contributed by atoms with Gasteiger partial charge >= 0.3 is 0 Å². The Balaban J connectivity index is 2.23. The number of ether oxygens (including phenoxy) is 1. The van der Waals surface area contributed by atoms with Crippen molar-refractivity contribution in [1.82, 2.24) is 5.32 Å². The molecule has 1 aromatic carbocycles. The lowest BCUT2D eigenvalue weighted by Gasteiger charge is -2.27. The molecule has 2 N–H and O–H groups in total. The number of nitrogens with zero attached hydrogens (tertiary/aromatic N) is 1. The highest BCUT2D eigenvalue weighted by molar-refractivity contribution is 5.97. The topological polar surface area (TPSA) is 61.8 Å². The van der Waals surface area contributed by atoms with Gasteiger partial charge in [-0.15, -0.1) is 0 Å². The van der Waals surface area contributed by atoms with E-state index in [9.17, 15) is 9.90 Å². The molecule has 5 nitrogen and oxygen atoms in total. The molecule has 1 aliphatic heterocycles. The van der Waals surface area contributed by atoms with Gasteiger partial charge in [-0.1, -0.05) is 6.07 Å². The lowest BCUT2D eigenvalue weighted by atomic mass is 10.0. The molecule has 0 aromatic heterocycles. The van der Waals surface area contributed by atoms with Gasteiger partial charge in [-0.2, -0.15) is 0 Å². The van der Waals surface area contributed by atoms with E-state index in [2.05, 4.69) is 5.32 Å². The summed E-state index contributed by atoms with van der Waals surface area (Å²) in [5.74, 6) is 0.603. The molecule has 1 aliphatic rings. The lowest BCUT2D eigenvalue weighted by Crippen LogP contribution is -2.35. The number of fused-ring (bicyclic) bond motifs is 1. The summed E-state index contributed by atoms with van der Waals surface area (Å²) in [6.07, 6.45) is 0.0986. The highest BCUT2D eigenvalue weighted by Gasteiger charge is 2.23. The van der Waals surface area contributed by atoms with E-state index in [0.29, 0.717) is 17.9 Å². The number of amides is 1. The van der Waals surface area contributed by atoms with E-state index in [0.717, 1.165) is 12.1 Å². The van der Waals surface area contributed by atoms with Crippen LogP contribution in [0.5, 0.6) is 5.75 Å². The number of carbonyl (C=O) groups excluding carboxylic acids is 1. The van der Waals surface area contributed by atoms with Crippen LogP contribution in [0.2, 0.25) is 0 Å². The largest absolute Gasteiger partial charge is 0.482 e. The Kier molecular flexibility index (Phi) is 3.84. The number of aliphatic hydroxyl groups is 1. The number of benzene rings is 1. The first-order chi connectivity index (χ1) is 8.63. The monoisotopic (exact) mass is 250 g/mol. The van der Waals surface area contributed by atoms with Gasteiger partial charge in [0.05, 0.1) is 11.8 Å². The van der Waals surface area contributed by atoms with Crippen molar-refractivity contribution in [2.45, 2.75) is 12.5 Å². The molecule has 18 heavy (non-hydrogen) atoms. The fraction of sp³-hybridized carbons (Fsp3) is 0.462. The Hall–Kier alpha value is -1.59. The van der Waals surface area contributed by atoms with Gasteiger partial charge in [0.25, 0.3) is 5.91 Å². The number of hydrogen-bond acceptors (Lipinski definition) is 4. The van der Waals surface area contributed by atoms with Crippen LogP contribution >= 0.6 is 0 Å². The van der Waals surface area contributed by atoms with Gasteiger partial charge in [-0.05, 0) is 37.7 Å². The van der Waals surface area contributed by atoms with Crippen LogP contribution in [0, 0.1) is 0 Å². The van der Waals surface area contributed by atoms with E-state index in [4.69, 9.17) is 4.74 Å². The standard InChI is InChI=1S/C13H18N2O3/c1-14-6-5-11(16)9-3-4-12-10(7-9)15(2)13(17)8-18-12/h3-4,7,11,14,16H,5-6,8H2,1-2H3. The quantitative estimate of drug-likeness (QED) is 0.825. The average Bonchev–Trinajstić information content (AvgIpc) is 2.40. The third-order valence-electron chi connectivity index (χ3n) is 3.12. The molecule has 1 atom stereocenters. The first-order valence-corrected chi connectivity index (χ1v) is 5.99. The second-order valence-corrected chi connectivity index (χ2v) is 4.38. The zero-order valence-corrected chi connectivity index (χ0v) is 10.6. The summed E-state index contributed by atoms with van der Waals surface area (Å²) in [6, 6.07) is 5.45. The highest BCUT2D eigenvalue weighted by atomic mass is 16.5. The highest BCUT2D eigenvalue weighted by Crippen LogP contribution is 2.34. The molecule has 5 heteroatoms. The number of likely N-dealkylation sites (N-methyl/N-ethyl adjacent to an activating group) is 1. The van der Waals surface area contributed by atoms with Crippen LogP contribution in [0.25, 0.3) is 0 Å². The maximum absolute atomic E-state index is 11.5. The zero-order chi connectivity index (χ0) is 13.1. The Morgan fingerprint density at radius 3 is 3.06 bits per heavy atom. The number of hydrogen-bond donors (Lipinski definition) is 2. The molecule has 0 aliphatic carbocycles. The minimum atomic E-state index is -0.534. The molecular formula is C13H18N2O3. The molecule has 98 valence electrons. The molecule has 2 rings (SSSR count). The second kappa shape index (κ2) is 5.37. The van der Waals surface area contributed by atoms with Gasteiger partial charge in [0, 0.05) is 7.05 Å². The molecule has 0 bridgehead atoms. The first-order valence-electron chi connectivity index (χ1n) is 5.99. The van der Waals surface area contributed by atoms with Crippen LogP contribution in [0.1, 0.15) is 18.1 Å². The summed E-state index contributed by atoms with van der Waals surface area (Å²) in [4.78, 5) is 13.1. The van der Waals surface area contributed by atoms with Crippen molar-refractivity contribution in [3.63, 3.8) is 0 Å². The van der Waals surface area contributed by atoms with Crippen molar-refractivity contribution in [3.05, 3.63) is 23.8 Å². The summed E-state index contributed by atoms with van der Waals surface area (Å²) in [5, 5.41) is 13.0. The zero-order valence-electron chi connectivity index (χ0n) is 10.6. The Bertz CT molecular complexity index is 448. The SMILES string of the molecule is CNCCC(O)c1ccc2c(c1)N(C)C(=O)CO2. The Morgan fingerprint density at radius 2 is 2.33 bits per heavy atom. The van der Waals surface area contributed by atoms with Crippen molar-refractivity contribution < 1.29 is 14.6 Å². The normalized spacial score (nSPS) is 16.2. The smallest absolute Gasteiger partial charge is 0.264 e. The number of rotatable bonds is 4.